The summed E-state index contributed by atoms with van der Waals surface area (Å²) < 4.78 is 9.60. The number of ketones is 1. The summed E-state index contributed by atoms with van der Waals surface area (Å²) in [6.45, 7) is 8.46. The van der Waals surface area contributed by atoms with Crippen LogP contribution in [-0.2, 0) is 19.1 Å². The minimum absolute atomic E-state index is 0.0963. The number of nitrogens with one attached hydrogen (secondary N) is 1. The molecule has 1 atom stereocenters. The molecule has 1 amide bonds. The van der Waals surface area contributed by atoms with Crippen LogP contribution < -0.4 is 5.32 Å². The van der Waals surface area contributed by atoms with E-state index in [2.05, 4.69) is 16.6 Å². The normalized spacial score (nSPS) is 12.2. The fraction of sp³-hybridized carbons (Fsp3) is 0.615. The Labute approximate surface area is 113 Å². The molecule has 0 aromatic rings. The third-order valence-electron chi connectivity index (χ3n) is 2.08. The van der Waals surface area contributed by atoms with Gasteiger partial charge in [-0.2, -0.15) is 0 Å². The quantitative estimate of drug-likeness (QED) is 0.586. The zero-order chi connectivity index (χ0) is 15.1. The van der Waals surface area contributed by atoms with Crippen LogP contribution in [0.1, 0.15) is 33.6 Å². The molecule has 0 bridgehead atoms. The number of carbonyl (C=O) groups is 3. The van der Waals surface area contributed by atoms with Gasteiger partial charge in [-0.15, -0.1) is 0 Å². The van der Waals surface area contributed by atoms with E-state index in [-0.39, 0.29) is 18.6 Å². The first-order chi connectivity index (χ1) is 8.69. The Kier molecular flexibility index (Phi) is 6.82. The van der Waals surface area contributed by atoms with Crippen molar-refractivity contribution in [1.82, 2.24) is 5.32 Å². The fourth-order valence-corrected chi connectivity index (χ4v) is 1.23. The lowest BCUT2D eigenvalue weighted by molar-refractivity contribution is -0.143. The maximum absolute atomic E-state index is 11.6. The Morgan fingerprint density at radius 3 is 2.32 bits per heavy atom. The number of hydrogen-bond donors (Lipinski definition) is 1. The van der Waals surface area contributed by atoms with Crippen LogP contribution in [0.2, 0.25) is 0 Å². The Balaban J connectivity index is 4.51. The highest BCUT2D eigenvalue weighted by Gasteiger charge is 2.25. The van der Waals surface area contributed by atoms with Gasteiger partial charge in [0.25, 0.3) is 0 Å². The molecule has 0 aromatic heterocycles. The van der Waals surface area contributed by atoms with E-state index in [1.807, 2.05) is 0 Å². The van der Waals surface area contributed by atoms with Gasteiger partial charge in [0.05, 0.1) is 7.11 Å². The van der Waals surface area contributed by atoms with Crippen molar-refractivity contribution in [3.05, 3.63) is 12.7 Å². The predicted octanol–water partition coefficient (Wildman–Crippen LogP) is 1.59. The number of rotatable bonds is 6. The van der Waals surface area contributed by atoms with Crippen molar-refractivity contribution in [2.75, 3.05) is 7.11 Å². The minimum Gasteiger partial charge on any atom is -0.467 e. The third kappa shape index (κ3) is 7.96. The van der Waals surface area contributed by atoms with Crippen molar-refractivity contribution in [2.45, 2.75) is 45.3 Å². The summed E-state index contributed by atoms with van der Waals surface area (Å²) in [5.74, 6) is -0.831. The molecule has 0 fully saturated rings. The monoisotopic (exact) mass is 271 g/mol. The number of alkyl carbamates (subject to hydrolysis) is 1. The second kappa shape index (κ2) is 7.56. The van der Waals surface area contributed by atoms with Crippen LogP contribution in [0.25, 0.3) is 0 Å². The highest BCUT2D eigenvalue weighted by Crippen LogP contribution is 2.08. The van der Waals surface area contributed by atoms with Gasteiger partial charge in [0.2, 0.25) is 0 Å². The van der Waals surface area contributed by atoms with Crippen LogP contribution in [0.4, 0.5) is 4.79 Å². The first kappa shape index (κ1) is 17.2. The summed E-state index contributed by atoms with van der Waals surface area (Å²) in [4.78, 5) is 34.2. The van der Waals surface area contributed by atoms with Gasteiger partial charge in [0.15, 0.2) is 5.78 Å². The number of methoxy groups -OCH3 is 1. The SMILES string of the molecule is C=CC(=O)CCC(NC(=O)OC(C)(C)C)C(=O)OC. The molecule has 1 N–H and O–H groups in total. The summed E-state index contributed by atoms with van der Waals surface area (Å²) in [6.07, 6.45) is 0.673. The molecule has 0 aliphatic rings. The van der Waals surface area contributed by atoms with Crippen molar-refractivity contribution in [3.63, 3.8) is 0 Å². The van der Waals surface area contributed by atoms with Crippen molar-refractivity contribution >= 4 is 17.8 Å². The van der Waals surface area contributed by atoms with Crippen LogP contribution in [0, 0.1) is 0 Å². The highest BCUT2D eigenvalue weighted by atomic mass is 16.6. The van der Waals surface area contributed by atoms with Crippen molar-refractivity contribution in [2.24, 2.45) is 0 Å². The van der Waals surface area contributed by atoms with Gasteiger partial charge in [-0.05, 0) is 33.3 Å². The third-order valence-corrected chi connectivity index (χ3v) is 2.08. The molecule has 0 aliphatic heterocycles. The van der Waals surface area contributed by atoms with E-state index in [4.69, 9.17) is 4.74 Å². The summed E-state index contributed by atoms with van der Waals surface area (Å²) in [7, 11) is 1.21. The van der Waals surface area contributed by atoms with Crippen LogP contribution in [0.15, 0.2) is 12.7 Å². The number of ether oxygens (including phenoxy) is 2. The molecule has 19 heavy (non-hydrogen) atoms. The van der Waals surface area contributed by atoms with Crippen molar-refractivity contribution < 1.29 is 23.9 Å². The molecule has 6 nitrogen and oxygen atoms in total. The van der Waals surface area contributed by atoms with Crippen molar-refractivity contribution in [1.29, 1.82) is 0 Å². The van der Waals surface area contributed by atoms with E-state index in [1.165, 1.54) is 13.2 Å². The molecule has 0 radical (unpaired) electrons. The maximum atomic E-state index is 11.6. The van der Waals surface area contributed by atoms with E-state index in [0.717, 1.165) is 0 Å². The van der Waals surface area contributed by atoms with Crippen LogP contribution in [0.3, 0.4) is 0 Å². The number of esters is 1. The molecular formula is C13H21NO5. The number of hydrogen-bond acceptors (Lipinski definition) is 5. The number of amides is 1. The van der Waals surface area contributed by atoms with Gasteiger partial charge in [-0.25, -0.2) is 9.59 Å². The molecule has 0 saturated carbocycles. The Hall–Kier alpha value is -1.85. The molecule has 6 heteroatoms. The van der Waals surface area contributed by atoms with Crippen LogP contribution >= 0.6 is 0 Å². The molecule has 0 saturated heterocycles. The lowest BCUT2D eigenvalue weighted by atomic mass is 10.1. The first-order valence-corrected chi connectivity index (χ1v) is 5.92. The van der Waals surface area contributed by atoms with E-state index >= 15 is 0 Å². The van der Waals surface area contributed by atoms with Crippen LogP contribution in [0.5, 0.6) is 0 Å². The van der Waals surface area contributed by atoms with Gasteiger partial charge in [-0.1, -0.05) is 6.58 Å². The highest BCUT2D eigenvalue weighted by molar-refractivity contribution is 5.90. The van der Waals surface area contributed by atoms with Gasteiger partial charge in [0, 0.05) is 6.42 Å². The summed E-state index contributed by atoms with van der Waals surface area (Å²) in [5, 5.41) is 2.38. The van der Waals surface area contributed by atoms with Gasteiger partial charge >= 0.3 is 12.1 Å². The van der Waals surface area contributed by atoms with Gasteiger partial charge in [0.1, 0.15) is 11.6 Å². The summed E-state index contributed by atoms with van der Waals surface area (Å²) >= 11 is 0. The topological polar surface area (TPSA) is 81.7 Å². The molecular weight excluding hydrogens is 250 g/mol. The number of allylic oxidation sites excluding steroid dienone is 1. The minimum atomic E-state index is -0.913. The van der Waals surface area contributed by atoms with E-state index in [9.17, 15) is 14.4 Å². The van der Waals surface area contributed by atoms with Crippen molar-refractivity contribution in [3.8, 4) is 0 Å². The predicted molar refractivity (Wildman–Crippen MR) is 69.6 cm³/mol. The second-order valence-electron chi connectivity index (χ2n) is 4.93. The summed E-state index contributed by atoms with van der Waals surface area (Å²) in [5.41, 5.74) is -0.665. The molecule has 0 spiro atoms. The molecule has 0 aliphatic carbocycles. The number of carbonyl (C=O) groups excluding carboxylic acids is 3. The lowest BCUT2D eigenvalue weighted by Gasteiger charge is -2.22. The zero-order valence-electron chi connectivity index (χ0n) is 11.8. The van der Waals surface area contributed by atoms with E-state index in [1.54, 1.807) is 20.8 Å². The maximum Gasteiger partial charge on any atom is 0.408 e. The lowest BCUT2D eigenvalue weighted by Crippen LogP contribution is -2.44. The Bertz CT molecular complexity index is 357. The molecule has 0 heterocycles. The smallest absolute Gasteiger partial charge is 0.408 e. The summed E-state index contributed by atoms with van der Waals surface area (Å²) in [6, 6.07) is -0.913. The largest absolute Gasteiger partial charge is 0.467 e. The average Bonchev–Trinajstić information content (AvgIpc) is 2.30. The molecule has 108 valence electrons. The Morgan fingerprint density at radius 1 is 1.32 bits per heavy atom. The average molecular weight is 271 g/mol. The fourth-order valence-electron chi connectivity index (χ4n) is 1.23. The standard InChI is InChI=1S/C13H21NO5/c1-6-9(15)7-8-10(11(16)18-5)14-12(17)19-13(2,3)4/h6,10H,1,7-8H2,2-5H3,(H,14,17). The molecule has 1 unspecified atom stereocenters. The second-order valence-corrected chi connectivity index (χ2v) is 4.93. The van der Waals surface area contributed by atoms with E-state index < -0.39 is 23.7 Å². The van der Waals surface area contributed by atoms with Crippen LogP contribution in [-0.4, -0.2) is 36.6 Å². The molecule has 0 aromatic carbocycles. The van der Waals surface area contributed by atoms with E-state index in [0.29, 0.717) is 0 Å². The first-order valence-electron chi connectivity index (χ1n) is 5.92. The molecule has 0 rings (SSSR count). The zero-order valence-corrected chi connectivity index (χ0v) is 11.8. The van der Waals surface area contributed by atoms with Gasteiger partial charge < -0.3 is 14.8 Å². The van der Waals surface area contributed by atoms with Gasteiger partial charge in [-0.3, -0.25) is 4.79 Å². The Morgan fingerprint density at radius 2 is 1.89 bits per heavy atom.